The fourth-order valence-electron chi connectivity index (χ4n) is 2.56. The molecule has 0 aromatic carbocycles. The molecule has 1 heterocycles. The predicted octanol–water partition coefficient (Wildman–Crippen LogP) is 2.98. The molecule has 0 saturated carbocycles. The van der Waals surface area contributed by atoms with E-state index in [9.17, 15) is 4.79 Å². The number of carbonyl (C=O) groups excluding carboxylic acids is 1. The van der Waals surface area contributed by atoms with Crippen molar-refractivity contribution in [3.8, 4) is 0 Å². The van der Waals surface area contributed by atoms with Crippen LogP contribution >= 0.6 is 15.9 Å². The van der Waals surface area contributed by atoms with Gasteiger partial charge in [0.15, 0.2) is 0 Å². The van der Waals surface area contributed by atoms with E-state index in [0.717, 1.165) is 37.9 Å². The number of halogens is 1. The first-order valence-corrected chi connectivity index (χ1v) is 8.22. The van der Waals surface area contributed by atoms with E-state index in [0.29, 0.717) is 11.8 Å². The molecule has 3 nitrogen and oxygen atoms in total. The molecule has 1 amide bonds. The Morgan fingerprint density at radius 3 is 2.89 bits per heavy atom. The van der Waals surface area contributed by atoms with Crippen molar-refractivity contribution in [3.63, 3.8) is 0 Å². The zero-order valence-corrected chi connectivity index (χ0v) is 13.2. The average molecular weight is 320 g/mol. The molecule has 0 aromatic rings. The number of rotatable bonds is 7. The lowest BCUT2D eigenvalue weighted by Gasteiger charge is -2.28. The van der Waals surface area contributed by atoms with Gasteiger partial charge in [0.1, 0.15) is 0 Å². The van der Waals surface area contributed by atoms with Crippen molar-refractivity contribution in [2.24, 2.45) is 17.8 Å². The first-order valence-electron chi connectivity index (χ1n) is 7.10. The van der Waals surface area contributed by atoms with Gasteiger partial charge in [0.25, 0.3) is 0 Å². The van der Waals surface area contributed by atoms with Gasteiger partial charge in [0.05, 0.1) is 0 Å². The van der Waals surface area contributed by atoms with Gasteiger partial charge in [0.2, 0.25) is 5.91 Å². The lowest BCUT2D eigenvalue weighted by atomic mass is 9.89. The third kappa shape index (κ3) is 5.27. The molecule has 1 saturated heterocycles. The van der Waals surface area contributed by atoms with Crippen LogP contribution in [-0.2, 0) is 9.53 Å². The van der Waals surface area contributed by atoms with Crippen LogP contribution < -0.4 is 5.32 Å². The predicted molar refractivity (Wildman–Crippen MR) is 77.9 cm³/mol. The van der Waals surface area contributed by atoms with E-state index in [1.165, 1.54) is 12.8 Å². The second-order valence-corrected chi connectivity index (χ2v) is 6.12. The maximum absolute atomic E-state index is 12.1. The second-order valence-electron chi connectivity index (χ2n) is 5.32. The topological polar surface area (TPSA) is 38.3 Å². The SMILES string of the molecule is CCCC(CCBr)CNC(=O)C1CCOCC1C. The summed E-state index contributed by atoms with van der Waals surface area (Å²) in [5.41, 5.74) is 0. The Kier molecular flexibility index (Phi) is 7.91. The molecule has 1 N–H and O–H groups in total. The number of carbonyl (C=O) groups is 1. The summed E-state index contributed by atoms with van der Waals surface area (Å²) in [4.78, 5) is 12.1. The van der Waals surface area contributed by atoms with E-state index in [1.807, 2.05) is 0 Å². The van der Waals surface area contributed by atoms with Gasteiger partial charge in [-0.05, 0) is 31.1 Å². The van der Waals surface area contributed by atoms with Gasteiger partial charge in [-0.2, -0.15) is 0 Å². The third-order valence-electron chi connectivity index (χ3n) is 3.76. The van der Waals surface area contributed by atoms with E-state index < -0.39 is 0 Å². The molecule has 18 heavy (non-hydrogen) atoms. The molecular formula is C14H26BrNO2. The minimum Gasteiger partial charge on any atom is -0.381 e. The molecule has 1 fully saturated rings. The highest BCUT2D eigenvalue weighted by Gasteiger charge is 2.28. The summed E-state index contributed by atoms with van der Waals surface area (Å²) in [5.74, 6) is 1.32. The summed E-state index contributed by atoms with van der Waals surface area (Å²) in [7, 11) is 0. The molecular weight excluding hydrogens is 294 g/mol. The Bertz CT molecular complexity index is 242. The number of amides is 1. The van der Waals surface area contributed by atoms with Gasteiger partial charge in [-0.25, -0.2) is 0 Å². The lowest BCUT2D eigenvalue weighted by molar-refractivity contribution is -0.130. The fraction of sp³-hybridized carbons (Fsp3) is 0.929. The van der Waals surface area contributed by atoms with Crippen LogP contribution in [0, 0.1) is 17.8 Å². The number of hydrogen-bond acceptors (Lipinski definition) is 2. The van der Waals surface area contributed by atoms with Crippen LogP contribution in [0.15, 0.2) is 0 Å². The maximum Gasteiger partial charge on any atom is 0.223 e. The van der Waals surface area contributed by atoms with Crippen molar-refractivity contribution in [2.45, 2.75) is 39.5 Å². The third-order valence-corrected chi connectivity index (χ3v) is 4.21. The summed E-state index contributed by atoms with van der Waals surface area (Å²) in [6.45, 7) is 6.57. The Morgan fingerprint density at radius 2 is 2.28 bits per heavy atom. The molecule has 3 unspecified atom stereocenters. The summed E-state index contributed by atoms with van der Waals surface area (Å²) in [5, 5.41) is 4.15. The summed E-state index contributed by atoms with van der Waals surface area (Å²) in [6.07, 6.45) is 4.37. The van der Waals surface area contributed by atoms with Gasteiger partial charge in [-0.3, -0.25) is 4.79 Å². The minimum absolute atomic E-state index is 0.144. The van der Waals surface area contributed by atoms with Crippen molar-refractivity contribution < 1.29 is 9.53 Å². The molecule has 3 atom stereocenters. The van der Waals surface area contributed by atoms with Crippen LogP contribution in [0.3, 0.4) is 0 Å². The Morgan fingerprint density at radius 1 is 1.50 bits per heavy atom. The second kappa shape index (κ2) is 8.92. The van der Waals surface area contributed by atoms with Crippen LogP contribution in [0.4, 0.5) is 0 Å². The van der Waals surface area contributed by atoms with Gasteiger partial charge >= 0.3 is 0 Å². The van der Waals surface area contributed by atoms with E-state index in [-0.39, 0.29) is 11.8 Å². The van der Waals surface area contributed by atoms with Gasteiger partial charge in [-0.1, -0.05) is 36.2 Å². The minimum atomic E-state index is 0.144. The van der Waals surface area contributed by atoms with Crippen LogP contribution in [-0.4, -0.2) is 31.0 Å². The number of nitrogens with one attached hydrogen (secondary N) is 1. The molecule has 1 rings (SSSR count). The highest BCUT2D eigenvalue weighted by Crippen LogP contribution is 2.21. The van der Waals surface area contributed by atoms with Crippen molar-refractivity contribution in [2.75, 3.05) is 25.1 Å². The Labute approximate surface area is 119 Å². The highest BCUT2D eigenvalue weighted by atomic mass is 79.9. The number of hydrogen-bond donors (Lipinski definition) is 1. The first-order chi connectivity index (χ1) is 8.69. The molecule has 0 aromatic heterocycles. The molecule has 0 bridgehead atoms. The molecule has 4 heteroatoms. The zero-order chi connectivity index (χ0) is 13.4. The molecule has 0 spiro atoms. The summed E-state index contributed by atoms with van der Waals surface area (Å²) in [6, 6.07) is 0. The van der Waals surface area contributed by atoms with Crippen LogP contribution in [0.25, 0.3) is 0 Å². The Hall–Kier alpha value is -0.0900. The smallest absolute Gasteiger partial charge is 0.223 e. The van der Waals surface area contributed by atoms with Crippen LogP contribution in [0.2, 0.25) is 0 Å². The quantitative estimate of drug-likeness (QED) is 0.733. The van der Waals surface area contributed by atoms with Gasteiger partial charge < -0.3 is 10.1 Å². The molecule has 1 aliphatic heterocycles. The standard InChI is InChI=1S/C14H26BrNO2/c1-3-4-12(5-7-15)9-16-14(17)13-6-8-18-10-11(13)2/h11-13H,3-10H2,1-2H3,(H,16,17). The molecule has 0 radical (unpaired) electrons. The van der Waals surface area contributed by atoms with E-state index in [4.69, 9.17) is 4.74 Å². The first kappa shape index (κ1) is 16.0. The summed E-state index contributed by atoms with van der Waals surface area (Å²) < 4.78 is 5.38. The van der Waals surface area contributed by atoms with Crippen molar-refractivity contribution >= 4 is 21.8 Å². The largest absolute Gasteiger partial charge is 0.381 e. The lowest BCUT2D eigenvalue weighted by Crippen LogP contribution is -2.40. The molecule has 106 valence electrons. The maximum atomic E-state index is 12.1. The van der Waals surface area contributed by atoms with E-state index >= 15 is 0 Å². The van der Waals surface area contributed by atoms with Crippen molar-refractivity contribution in [1.82, 2.24) is 5.32 Å². The van der Waals surface area contributed by atoms with Crippen LogP contribution in [0.5, 0.6) is 0 Å². The molecule has 1 aliphatic rings. The Balaban J connectivity index is 2.33. The zero-order valence-electron chi connectivity index (χ0n) is 11.6. The fourth-order valence-corrected chi connectivity index (χ4v) is 3.20. The van der Waals surface area contributed by atoms with Crippen molar-refractivity contribution in [1.29, 1.82) is 0 Å². The van der Waals surface area contributed by atoms with E-state index in [1.54, 1.807) is 0 Å². The number of alkyl halides is 1. The van der Waals surface area contributed by atoms with Gasteiger partial charge in [-0.15, -0.1) is 0 Å². The van der Waals surface area contributed by atoms with Crippen molar-refractivity contribution in [3.05, 3.63) is 0 Å². The van der Waals surface area contributed by atoms with E-state index in [2.05, 4.69) is 35.1 Å². The van der Waals surface area contributed by atoms with Crippen LogP contribution in [0.1, 0.15) is 39.5 Å². The highest BCUT2D eigenvalue weighted by molar-refractivity contribution is 9.09. The normalized spacial score (nSPS) is 25.7. The van der Waals surface area contributed by atoms with Gasteiger partial charge in [0, 0.05) is 31.0 Å². The molecule has 0 aliphatic carbocycles. The summed E-state index contributed by atoms with van der Waals surface area (Å²) >= 11 is 3.48. The average Bonchev–Trinajstić information content (AvgIpc) is 2.36. The monoisotopic (exact) mass is 319 g/mol. The number of ether oxygens (including phenoxy) is 1.